The molecule has 0 aliphatic carbocycles. The minimum Gasteiger partial charge on any atom is -0.491 e. The van der Waals surface area contributed by atoms with Gasteiger partial charge in [-0.25, -0.2) is 0 Å². The standard InChI is InChI=1S/C23H27F3O6/c24-23(25,26)15-6-5-7-17(12-15)30-14-16(27)10-11-19-18(20-13-22(31-19)32-20)8-3-1-2-4-9-21(28)29/h1,3,5-7,10-12,16,18-20,22,27H,2,4,8-9,13-14H2,(H,28,29)/b3-1-,11-10+/t16-,18-,19-,20-,22+/m1/s1. The Morgan fingerprint density at radius 1 is 1.28 bits per heavy atom. The van der Waals surface area contributed by atoms with Crippen molar-refractivity contribution >= 4 is 5.97 Å². The topological polar surface area (TPSA) is 85.2 Å². The van der Waals surface area contributed by atoms with Gasteiger partial charge >= 0.3 is 12.1 Å². The number of carboxylic acid groups (broad SMARTS) is 1. The summed E-state index contributed by atoms with van der Waals surface area (Å²) in [4.78, 5) is 10.5. The minimum atomic E-state index is -4.46. The summed E-state index contributed by atoms with van der Waals surface area (Å²) in [5, 5.41) is 18.8. The van der Waals surface area contributed by atoms with Gasteiger partial charge in [0.1, 0.15) is 18.5 Å². The summed E-state index contributed by atoms with van der Waals surface area (Å²) in [6, 6.07) is 4.50. The summed E-state index contributed by atoms with van der Waals surface area (Å²) in [5.41, 5.74) is -0.811. The SMILES string of the molecule is O=C(O)CCC/C=C\C[C@@H]1[C@@H](/C=C/[C@@H](O)COc2cccc(C(F)(F)F)c2)O[C@@H]2C[C@H]1O2. The Morgan fingerprint density at radius 3 is 2.78 bits per heavy atom. The van der Waals surface area contributed by atoms with Crippen LogP contribution in [0.1, 0.15) is 37.7 Å². The number of aliphatic carboxylic acids is 1. The Morgan fingerprint density at radius 2 is 2.06 bits per heavy atom. The Kier molecular flexibility index (Phi) is 8.33. The van der Waals surface area contributed by atoms with Gasteiger partial charge in [0.25, 0.3) is 0 Å². The number of aliphatic hydroxyl groups excluding tert-OH is 1. The number of benzene rings is 1. The van der Waals surface area contributed by atoms with Crippen LogP contribution in [-0.2, 0) is 20.4 Å². The first-order valence-electron chi connectivity index (χ1n) is 10.6. The van der Waals surface area contributed by atoms with E-state index < -0.39 is 23.8 Å². The lowest BCUT2D eigenvalue weighted by atomic mass is 9.84. The van der Waals surface area contributed by atoms with Crippen molar-refractivity contribution in [1.29, 1.82) is 0 Å². The summed E-state index contributed by atoms with van der Waals surface area (Å²) >= 11 is 0. The molecule has 0 radical (unpaired) electrons. The monoisotopic (exact) mass is 456 g/mol. The molecule has 0 unspecified atom stereocenters. The first kappa shape index (κ1) is 24.3. The number of hydrogen-bond donors (Lipinski definition) is 2. The molecule has 2 bridgehead atoms. The number of unbranched alkanes of at least 4 members (excludes halogenated alkanes) is 1. The number of hydrogen-bond acceptors (Lipinski definition) is 5. The fraction of sp³-hybridized carbons (Fsp3) is 0.522. The van der Waals surface area contributed by atoms with Gasteiger partial charge in [-0.15, -0.1) is 0 Å². The van der Waals surface area contributed by atoms with Gasteiger partial charge in [-0.1, -0.05) is 30.4 Å². The Labute approximate surface area is 184 Å². The maximum absolute atomic E-state index is 12.8. The molecule has 0 amide bonds. The molecule has 0 spiro atoms. The lowest BCUT2D eigenvalue weighted by molar-refractivity contribution is -0.337. The third kappa shape index (κ3) is 7.08. The molecule has 2 N–H and O–H groups in total. The third-order valence-corrected chi connectivity index (χ3v) is 5.40. The van der Waals surface area contributed by atoms with Crippen LogP contribution in [0.5, 0.6) is 5.75 Å². The highest BCUT2D eigenvalue weighted by molar-refractivity contribution is 5.66. The van der Waals surface area contributed by atoms with Crippen molar-refractivity contribution in [2.45, 2.75) is 62.9 Å². The summed E-state index contributed by atoms with van der Waals surface area (Å²) in [6.07, 6.45) is 4.16. The van der Waals surface area contributed by atoms with Crippen molar-refractivity contribution in [3.63, 3.8) is 0 Å². The molecule has 3 aliphatic heterocycles. The van der Waals surface area contributed by atoms with E-state index in [-0.39, 0.29) is 43.2 Å². The van der Waals surface area contributed by atoms with Crippen molar-refractivity contribution in [2.24, 2.45) is 5.92 Å². The molecule has 4 rings (SSSR count). The van der Waals surface area contributed by atoms with E-state index in [0.29, 0.717) is 19.3 Å². The predicted molar refractivity (Wildman–Crippen MR) is 109 cm³/mol. The van der Waals surface area contributed by atoms with Crippen molar-refractivity contribution in [3.05, 3.63) is 54.1 Å². The molecule has 3 fully saturated rings. The van der Waals surface area contributed by atoms with Crippen molar-refractivity contribution < 1.29 is 42.4 Å². The number of fused-ring (bicyclic) bond motifs is 2. The average Bonchev–Trinajstić information content (AvgIpc) is 2.72. The fourth-order valence-corrected chi connectivity index (χ4v) is 3.68. The second-order valence-electron chi connectivity index (χ2n) is 7.89. The number of ether oxygens (including phenoxy) is 3. The molecule has 3 heterocycles. The smallest absolute Gasteiger partial charge is 0.416 e. The van der Waals surface area contributed by atoms with Gasteiger partial charge in [0.2, 0.25) is 0 Å². The van der Waals surface area contributed by atoms with Gasteiger partial charge in [-0.05, 0) is 37.5 Å². The van der Waals surface area contributed by atoms with E-state index in [0.717, 1.165) is 18.6 Å². The first-order valence-corrected chi connectivity index (χ1v) is 10.6. The molecule has 1 aromatic rings. The fourth-order valence-electron chi connectivity index (χ4n) is 3.68. The number of carboxylic acids is 1. The van der Waals surface area contributed by atoms with Crippen molar-refractivity contribution in [2.75, 3.05) is 6.61 Å². The van der Waals surface area contributed by atoms with Crippen LogP contribution in [0.4, 0.5) is 13.2 Å². The van der Waals surface area contributed by atoms with E-state index in [1.165, 1.54) is 18.2 Å². The van der Waals surface area contributed by atoms with E-state index in [2.05, 4.69) is 0 Å². The zero-order valence-corrected chi connectivity index (χ0v) is 17.4. The number of aliphatic hydroxyl groups is 1. The molecule has 6 nitrogen and oxygen atoms in total. The summed E-state index contributed by atoms with van der Waals surface area (Å²) in [5.74, 6) is -0.723. The van der Waals surface area contributed by atoms with Crippen LogP contribution >= 0.6 is 0 Å². The first-order chi connectivity index (χ1) is 15.2. The highest BCUT2D eigenvalue weighted by Crippen LogP contribution is 2.40. The van der Waals surface area contributed by atoms with E-state index in [9.17, 15) is 23.1 Å². The highest BCUT2D eigenvalue weighted by Gasteiger charge is 2.46. The molecule has 0 saturated carbocycles. The summed E-state index contributed by atoms with van der Waals surface area (Å²) < 4.78 is 55.1. The van der Waals surface area contributed by atoms with E-state index in [4.69, 9.17) is 19.3 Å². The third-order valence-electron chi connectivity index (χ3n) is 5.40. The van der Waals surface area contributed by atoms with Crippen LogP contribution in [0.2, 0.25) is 0 Å². The van der Waals surface area contributed by atoms with Gasteiger partial charge in [0.15, 0.2) is 6.29 Å². The molecular weight excluding hydrogens is 429 g/mol. The van der Waals surface area contributed by atoms with Crippen molar-refractivity contribution in [1.82, 2.24) is 0 Å². The summed E-state index contributed by atoms with van der Waals surface area (Å²) in [6.45, 7) is -0.192. The molecule has 9 heteroatoms. The molecule has 3 aliphatic rings. The van der Waals surface area contributed by atoms with Crippen LogP contribution in [0, 0.1) is 5.92 Å². The van der Waals surface area contributed by atoms with Crippen LogP contribution in [0.25, 0.3) is 0 Å². The van der Waals surface area contributed by atoms with Gasteiger partial charge in [-0.3, -0.25) is 4.79 Å². The molecule has 3 saturated heterocycles. The molecule has 176 valence electrons. The van der Waals surface area contributed by atoms with Crippen LogP contribution in [0.3, 0.4) is 0 Å². The van der Waals surface area contributed by atoms with Gasteiger partial charge in [-0.2, -0.15) is 13.2 Å². The predicted octanol–water partition coefficient (Wildman–Crippen LogP) is 4.33. The van der Waals surface area contributed by atoms with Gasteiger partial charge in [0.05, 0.1) is 17.8 Å². The molecule has 1 aromatic carbocycles. The zero-order valence-electron chi connectivity index (χ0n) is 17.4. The number of carbonyl (C=O) groups is 1. The number of allylic oxidation sites excluding steroid dienone is 2. The number of halogens is 3. The van der Waals surface area contributed by atoms with Gasteiger partial charge in [0, 0.05) is 18.8 Å². The number of rotatable bonds is 11. The molecule has 5 atom stereocenters. The van der Waals surface area contributed by atoms with Crippen LogP contribution < -0.4 is 4.74 Å². The lowest BCUT2D eigenvalue weighted by Crippen LogP contribution is -2.55. The van der Waals surface area contributed by atoms with E-state index in [1.54, 1.807) is 6.08 Å². The normalized spacial score (nSPS) is 26.2. The van der Waals surface area contributed by atoms with Crippen LogP contribution in [-0.4, -0.2) is 47.4 Å². The molecule has 32 heavy (non-hydrogen) atoms. The molecular formula is C23H27F3O6. The Hall–Kier alpha value is -2.36. The maximum atomic E-state index is 12.8. The van der Waals surface area contributed by atoms with Crippen LogP contribution in [0.15, 0.2) is 48.6 Å². The second kappa shape index (κ2) is 11.0. The maximum Gasteiger partial charge on any atom is 0.416 e. The van der Waals surface area contributed by atoms with E-state index >= 15 is 0 Å². The average molecular weight is 456 g/mol. The van der Waals surface area contributed by atoms with E-state index in [1.807, 2.05) is 12.2 Å². The quantitative estimate of drug-likeness (QED) is 0.381. The van der Waals surface area contributed by atoms with Gasteiger partial charge < -0.3 is 24.4 Å². The zero-order chi connectivity index (χ0) is 23.1. The molecule has 0 aromatic heterocycles. The Bertz CT molecular complexity index is 816. The van der Waals surface area contributed by atoms with Crippen molar-refractivity contribution in [3.8, 4) is 5.75 Å². The largest absolute Gasteiger partial charge is 0.491 e. The Balaban J connectivity index is 1.48. The number of alkyl halides is 3. The lowest BCUT2D eigenvalue weighted by Gasteiger charge is -2.49. The highest BCUT2D eigenvalue weighted by atomic mass is 19.4. The minimum absolute atomic E-state index is 0.0294. The summed E-state index contributed by atoms with van der Waals surface area (Å²) in [7, 11) is 0. The second-order valence-corrected chi connectivity index (χ2v) is 7.89.